The van der Waals surface area contributed by atoms with Gasteiger partial charge in [0.25, 0.3) is 0 Å². The molecule has 0 saturated carbocycles. The highest BCUT2D eigenvalue weighted by Crippen LogP contribution is 2.44. The fourth-order valence-electron chi connectivity index (χ4n) is 3.36. The molecule has 4 heteroatoms. The van der Waals surface area contributed by atoms with E-state index in [0.717, 1.165) is 31.5 Å². The fourth-order valence-corrected chi connectivity index (χ4v) is 3.36. The quantitative estimate of drug-likeness (QED) is 0.728. The number of likely N-dealkylation sites (tertiary alicyclic amines) is 1. The zero-order chi connectivity index (χ0) is 14.3. The summed E-state index contributed by atoms with van der Waals surface area (Å²) >= 11 is 0. The molecule has 0 bridgehead atoms. The fraction of sp³-hybridized carbons (Fsp3) is 0.625. The first-order valence-corrected chi connectivity index (χ1v) is 7.39. The summed E-state index contributed by atoms with van der Waals surface area (Å²) in [6.45, 7) is 6.52. The Kier molecular flexibility index (Phi) is 3.19. The summed E-state index contributed by atoms with van der Waals surface area (Å²) in [7, 11) is 0. The van der Waals surface area contributed by atoms with Crippen LogP contribution in [0.15, 0.2) is 18.3 Å². The molecule has 1 aromatic rings. The molecule has 2 atom stereocenters. The van der Waals surface area contributed by atoms with Gasteiger partial charge < -0.3 is 9.64 Å². The molecule has 1 aliphatic carbocycles. The molecular formula is C16H22N2O2. The van der Waals surface area contributed by atoms with E-state index in [1.165, 1.54) is 5.56 Å². The number of aryl methyl sites for hydroxylation is 1. The molecule has 2 heterocycles. The lowest BCUT2D eigenvalue weighted by Crippen LogP contribution is -2.38. The maximum atomic E-state index is 12.4. The van der Waals surface area contributed by atoms with Gasteiger partial charge in [0.05, 0.1) is 6.04 Å². The molecule has 3 rings (SSSR count). The molecule has 0 unspecified atom stereocenters. The van der Waals surface area contributed by atoms with E-state index in [0.29, 0.717) is 5.92 Å². The van der Waals surface area contributed by atoms with Gasteiger partial charge >= 0.3 is 6.09 Å². The van der Waals surface area contributed by atoms with Crippen molar-refractivity contribution in [1.82, 2.24) is 9.88 Å². The number of rotatable bonds is 0. The minimum Gasteiger partial charge on any atom is -0.444 e. The van der Waals surface area contributed by atoms with Gasteiger partial charge in [-0.15, -0.1) is 0 Å². The molecule has 2 aliphatic rings. The Labute approximate surface area is 120 Å². The monoisotopic (exact) mass is 274 g/mol. The van der Waals surface area contributed by atoms with Crippen LogP contribution in [0, 0.1) is 5.92 Å². The van der Waals surface area contributed by atoms with Crippen molar-refractivity contribution < 1.29 is 9.53 Å². The van der Waals surface area contributed by atoms with Crippen LogP contribution < -0.4 is 0 Å². The van der Waals surface area contributed by atoms with Gasteiger partial charge in [0, 0.05) is 18.4 Å². The topological polar surface area (TPSA) is 42.4 Å². The van der Waals surface area contributed by atoms with Gasteiger partial charge in [-0.25, -0.2) is 4.79 Å². The van der Waals surface area contributed by atoms with E-state index in [1.807, 2.05) is 37.9 Å². The van der Waals surface area contributed by atoms with E-state index in [-0.39, 0.29) is 12.1 Å². The molecule has 0 radical (unpaired) electrons. The number of carbonyl (C=O) groups is 1. The maximum absolute atomic E-state index is 12.4. The van der Waals surface area contributed by atoms with E-state index in [4.69, 9.17) is 4.74 Å². The second kappa shape index (κ2) is 4.76. The Morgan fingerprint density at radius 2 is 2.20 bits per heavy atom. The molecule has 1 fully saturated rings. The standard InChI is InChI=1S/C16H22N2O2/c1-16(2,3)20-15(19)18-10-8-11-6-7-13-12(14(11)18)5-4-9-17-13/h4-5,9,11,14H,6-8,10H2,1-3H3/t11-,14+/m0/s1. The van der Waals surface area contributed by atoms with Gasteiger partial charge in [0.15, 0.2) is 0 Å². The normalized spacial score (nSPS) is 25.1. The Hall–Kier alpha value is -1.58. The van der Waals surface area contributed by atoms with Crippen LogP contribution in [0.1, 0.15) is 50.9 Å². The van der Waals surface area contributed by atoms with Crippen LogP contribution in [-0.2, 0) is 11.2 Å². The number of pyridine rings is 1. The molecule has 108 valence electrons. The largest absolute Gasteiger partial charge is 0.444 e. The number of carbonyl (C=O) groups excluding carboxylic acids is 1. The number of ether oxygens (including phenoxy) is 1. The number of hydrogen-bond donors (Lipinski definition) is 0. The number of nitrogens with zero attached hydrogens (tertiary/aromatic N) is 2. The summed E-state index contributed by atoms with van der Waals surface area (Å²) in [5, 5.41) is 0. The second-order valence-corrected chi connectivity index (χ2v) is 6.75. The Morgan fingerprint density at radius 3 is 2.95 bits per heavy atom. The smallest absolute Gasteiger partial charge is 0.410 e. The average Bonchev–Trinajstić information content (AvgIpc) is 2.81. The van der Waals surface area contributed by atoms with Gasteiger partial charge in [0.1, 0.15) is 5.60 Å². The van der Waals surface area contributed by atoms with Crippen LogP contribution in [-0.4, -0.2) is 28.1 Å². The van der Waals surface area contributed by atoms with Gasteiger partial charge in [-0.3, -0.25) is 4.98 Å². The van der Waals surface area contributed by atoms with Gasteiger partial charge in [-0.05, 0) is 57.6 Å². The highest BCUT2D eigenvalue weighted by molar-refractivity contribution is 5.69. The van der Waals surface area contributed by atoms with Crippen molar-refractivity contribution in [2.24, 2.45) is 5.92 Å². The molecule has 1 saturated heterocycles. The minimum absolute atomic E-state index is 0.155. The van der Waals surface area contributed by atoms with Crippen LogP contribution in [0.5, 0.6) is 0 Å². The van der Waals surface area contributed by atoms with Crippen molar-refractivity contribution >= 4 is 6.09 Å². The van der Waals surface area contributed by atoms with E-state index in [2.05, 4.69) is 11.1 Å². The Morgan fingerprint density at radius 1 is 1.40 bits per heavy atom. The van der Waals surface area contributed by atoms with E-state index >= 15 is 0 Å². The van der Waals surface area contributed by atoms with E-state index < -0.39 is 5.60 Å². The Balaban J connectivity index is 1.87. The minimum atomic E-state index is -0.443. The van der Waals surface area contributed by atoms with Gasteiger partial charge in [-0.2, -0.15) is 0 Å². The van der Waals surface area contributed by atoms with Gasteiger partial charge in [-0.1, -0.05) is 6.07 Å². The van der Waals surface area contributed by atoms with Crippen molar-refractivity contribution in [1.29, 1.82) is 0 Å². The van der Waals surface area contributed by atoms with Crippen LogP contribution >= 0.6 is 0 Å². The lowest BCUT2D eigenvalue weighted by atomic mass is 9.82. The zero-order valence-corrected chi connectivity index (χ0v) is 12.4. The summed E-state index contributed by atoms with van der Waals surface area (Å²) < 4.78 is 5.55. The SMILES string of the molecule is CC(C)(C)OC(=O)N1CC[C@@H]2CCc3ncccc3[C@@H]21. The molecule has 1 amide bonds. The molecule has 0 spiro atoms. The summed E-state index contributed by atoms with van der Waals surface area (Å²) in [6.07, 6.45) is 4.86. The third-order valence-electron chi connectivity index (χ3n) is 4.15. The summed E-state index contributed by atoms with van der Waals surface area (Å²) in [4.78, 5) is 18.8. The first kappa shape index (κ1) is 13.4. The first-order valence-electron chi connectivity index (χ1n) is 7.39. The van der Waals surface area contributed by atoms with E-state index in [1.54, 1.807) is 0 Å². The van der Waals surface area contributed by atoms with Crippen molar-refractivity contribution in [2.75, 3.05) is 6.54 Å². The third-order valence-corrected chi connectivity index (χ3v) is 4.15. The molecule has 20 heavy (non-hydrogen) atoms. The lowest BCUT2D eigenvalue weighted by Gasteiger charge is -2.34. The van der Waals surface area contributed by atoms with Crippen LogP contribution in [0.4, 0.5) is 4.79 Å². The molecular weight excluding hydrogens is 252 g/mol. The molecule has 0 N–H and O–H groups in total. The van der Waals surface area contributed by atoms with Crippen molar-refractivity contribution in [3.8, 4) is 0 Å². The highest BCUT2D eigenvalue weighted by atomic mass is 16.6. The molecule has 0 aromatic carbocycles. The number of hydrogen-bond acceptors (Lipinski definition) is 3. The number of aromatic nitrogens is 1. The van der Waals surface area contributed by atoms with Crippen molar-refractivity contribution in [3.05, 3.63) is 29.6 Å². The predicted octanol–water partition coefficient (Wildman–Crippen LogP) is 3.33. The predicted molar refractivity (Wildman–Crippen MR) is 76.3 cm³/mol. The highest BCUT2D eigenvalue weighted by Gasteiger charge is 2.42. The van der Waals surface area contributed by atoms with E-state index in [9.17, 15) is 4.79 Å². The summed E-state index contributed by atoms with van der Waals surface area (Å²) in [6, 6.07) is 4.23. The Bertz CT molecular complexity index is 521. The van der Waals surface area contributed by atoms with Gasteiger partial charge in [0.2, 0.25) is 0 Å². The first-order chi connectivity index (χ1) is 9.46. The lowest BCUT2D eigenvalue weighted by molar-refractivity contribution is 0.0197. The molecule has 4 nitrogen and oxygen atoms in total. The number of amides is 1. The molecule has 1 aromatic heterocycles. The second-order valence-electron chi connectivity index (χ2n) is 6.75. The average molecular weight is 274 g/mol. The summed E-state index contributed by atoms with van der Waals surface area (Å²) in [5.41, 5.74) is 1.91. The number of fused-ring (bicyclic) bond motifs is 3. The van der Waals surface area contributed by atoms with Crippen LogP contribution in [0.25, 0.3) is 0 Å². The third kappa shape index (κ3) is 2.39. The summed E-state index contributed by atoms with van der Waals surface area (Å²) in [5.74, 6) is 0.555. The van der Waals surface area contributed by atoms with Crippen LogP contribution in [0.3, 0.4) is 0 Å². The van der Waals surface area contributed by atoms with Crippen molar-refractivity contribution in [2.45, 2.75) is 51.7 Å². The van der Waals surface area contributed by atoms with Crippen LogP contribution in [0.2, 0.25) is 0 Å². The van der Waals surface area contributed by atoms with Crippen molar-refractivity contribution in [3.63, 3.8) is 0 Å². The maximum Gasteiger partial charge on any atom is 0.410 e. The zero-order valence-electron chi connectivity index (χ0n) is 12.4. The molecule has 1 aliphatic heterocycles.